The summed E-state index contributed by atoms with van der Waals surface area (Å²) in [5, 5.41) is 9.52. The molecule has 2 aromatic heterocycles. The number of nitrogens with two attached hydrogens (primary N) is 1. The first-order chi connectivity index (χ1) is 18.4. The van der Waals surface area contributed by atoms with E-state index in [1.54, 1.807) is 33.5 Å². The van der Waals surface area contributed by atoms with Gasteiger partial charge in [0, 0.05) is 40.9 Å². The molecule has 2 heterocycles. The average molecular weight is 552 g/mol. The second-order valence-corrected chi connectivity index (χ2v) is 9.88. The Balaban J connectivity index is 1.52. The molecule has 4 aromatic rings. The molecule has 0 aliphatic rings. The van der Waals surface area contributed by atoms with Gasteiger partial charge in [0.1, 0.15) is 15.7 Å². The van der Waals surface area contributed by atoms with E-state index in [1.165, 1.54) is 22.7 Å². The van der Waals surface area contributed by atoms with Crippen molar-refractivity contribution < 1.29 is 19.0 Å². The third kappa shape index (κ3) is 6.24. The van der Waals surface area contributed by atoms with Gasteiger partial charge in [0.05, 0.1) is 27.0 Å². The van der Waals surface area contributed by atoms with E-state index in [-0.39, 0.29) is 5.91 Å². The van der Waals surface area contributed by atoms with E-state index in [4.69, 9.17) is 24.9 Å². The van der Waals surface area contributed by atoms with E-state index in [0.29, 0.717) is 40.3 Å². The number of hydrogen-bond acceptors (Lipinski definition) is 10. The van der Waals surface area contributed by atoms with Gasteiger partial charge in [-0.2, -0.15) is 0 Å². The van der Waals surface area contributed by atoms with Crippen molar-refractivity contribution in [2.24, 2.45) is 0 Å². The third-order valence-corrected chi connectivity index (χ3v) is 7.40. The first-order valence-corrected chi connectivity index (χ1v) is 13.5. The summed E-state index contributed by atoms with van der Waals surface area (Å²) in [5.74, 6) is 1.88. The average Bonchev–Trinajstić information content (AvgIpc) is 3.55. The molecule has 38 heavy (non-hydrogen) atoms. The number of nitrogens with zero attached hydrogens (tertiary/aromatic N) is 2. The lowest BCUT2D eigenvalue weighted by Crippen LogP contribution is -2.09. The van der Waals surface area contributed by atoms with E-state index in [9.17, 15) is 4.79 Å². The van der Waals surface area contributed by atoms with Crippen LogP contribution in [0.25, 0.3) is 21.1 Å². The number of allylic oxidation sites excluding steroid dienone is 1. The van der Waals surface area contributed by atoms with Crippen molar-refractivity contribution in [2.75, 3.05) is 37.7 Å². The van der Waals surface area contributed by atoms with E-state index in [1.807, 2.05) is 48.7 Å². The van der Waals surface area contributed by atoms with Gasteiger partial charge in [-0.1, -0.05) is 42.5 Å². The van der Waals surface area contributed by atoms with Crippen LogP contribution in [0.15, 0.2) is 53.9 Å². The van der Waals surface area contributed by atoms with E-state index in [2.05, 4.69) is 15.6 Å². The van der Waals surface area contributed by atoms with Crippen LogP contribution in [0, 0.1) is 0 Å². The first kappa shape index (κ1) is 27.0. The van der Waals surface area contributed by atoms with Gasteiger partial charge in [0.25, 0.3) is 0 Å². The SMILES string of the molecule is CCC=CCC(=O)Nc1cccc(-c2csc(-c3sc(Nc4cc(OC)c(OC)c(OC)c4)nc3N)n2)c1. The summed E-state index contributed by atoms with van der Waals surface area (Å²) in [5.41, 5.74) is 9.39. The summed E-state index contributed by atoms with van der Waals surface area (Å²) in [7, 11) is 4.69. The molecular weight excluding hydrogens is 522 g/mol. The number of methoxy groups -OCH3 is 3. The molecule has 0 aliphatic heterocycles. The smallest absolute Gasteiger partial charge is 0.228 e. The largest absolute Gasteiger partial charge is 0.493 e. The van der Waals surface area contributed by atoms with E-state index < -0.39 is 0 Å². The monoisotopic (exact) mass is 551 g/mol. The minimum absolute atomic E-state index is 0.0598. The highest BCUT2D eigenvalue weighted by atomic mass is 32.1. The van der Waals surface area contributed by atoms with Crippen LogP contribution in [0.5, 0.6) is 17.2 Å². The minimum Gasteiger partial charge on any atom is -0.493 e. The number of nitrogen functional groups attached to an aromatic ring is 1. The Morgan fingerprint density at radius 1 is 1.03 bits per heavy atom. The zero-order valence-electron chi connectivity index (χ0n) is 21.5. The molecule has 0 atom stereocenters. The summed E-state index contributed by atoms with van der Waals surface area (Å²) in [6, 6.07) is 11.2. The summed E-state index contributed by atoms with van der Waals surface area (Å²) >= 11 is 2.88. The van der Waals surface area contributed by atoms with Crippen LogP contribution in [0.4, 0.5) is 22.3 Å². The summed E-state index contributed by atoms with van der Waals surface area (Å²) in [4.78, 5) is 22.2. The number of carbonyl (C=O) groups is 1. The lowest BCUT2D eigenvalue weighted by atomic mass is 10.1. The van der Waals surface area contributed by atoms with Crippen molar-refractivity contribution >= 4 is 50.9 Å². The number of amides is 1. The molecule has 0 saturated heterocycles. The molecule has 0 radical (unpaired) electrons. The number of carbonyl (C=O) groups excluding carboxylic acids is 1. The lowest BCUT2D eigenvalue weighted by Gasteiger charge is -2.14. The Bertz CT molecular complexity index is 1420. The fraction of sp³-hybridized carbons (Fsp3) is 0.222. The molecule has 0 aliphatic carbocycles. The van der Waals surface area contributed by atoms with E-state index >= 15 is 0 Å². The standard InChI is InChI=1S/C27H29N5O4S2/c1-5-6-7-11-22(33)29-17-10-8-9-16(12-17)19-15-37-26(31-19)24-25(28)32-27(38-24)30-18-13-20(34-2)23(36-4)21(14-18)35-3/h6-10,12-15H,5,11,28H2,1-4H3,(H,29,33)(H,30,32). The van der Waals surface area contributed by atoms with Crippen LogP contribution in [-0.4, -0.2) is 37.2 Å². The van der Waals surface area contributed by atoms with Gasteiger partial charge in [0.2, 0.25) is 11.7 Å². The Hall–Kier alpha value is -4.09. The number of benzene rings is 2. The van der Waals surface area contributed by atoms with Crippen molar-refractivity contribution in [1.82, 2.24) is 9.97 Å². The van der Waals surface area contributed by atoms with Crippen LogP contribution in [-0.2, 0) is 4.79 Å². The molecule has 0 saturated carbocycles. The molecule has 0 bridgehead atoms. The zero-order valence-corrected chi connectivity index (χ0v) is 23.2. The zero-order chi connectivity index (χ0) is 27.1. The third-order valence-electron chi connectivity index (χ3n) is 5.42. The molecule has 4 rings (SSSR count). The fourth-order valence-corrected chi connectivity index (χ4v) is 5.48. The molecule has 198 valence electrons. The maximum Gasteiger partial charge on any atom is 0.228 e. The van der Waals surface area contributed by atoms with Crippen molar-refractivity contribution in [3.63, 3.8) is 0 Å². The van der Waals surface area contributed by atoms with Gasteiger partial charge in [0.15, 0.2) is 16.6 Å². The second-order valence-electron chi connectivity index (χ2n) is 8.02. The van der Waals surface area contributed by atoms with Crippen LogP contribution < -0.4 is 30.6 Å². The van der Waals surface area contributed by atoms with Gasteiger partial charge in [-0.15, -0.1) is 11.3 Å². The summed E-state index contributed by atoms with van der Waals surface area (Å²) < 4.78 is 16.2. The summed E-state index contributed by atoms with van der Waals surface area (Å²) in [6.07, 6.45) is 5.09. The maximum absolute atomic E-state index is 12.2. The lowest BCUT2D eigenvalue weighted by molar-refractivity contribution is -0.115. The van der Waals surface area contributed by atoms with Crippen molar-refractivity contribution in [3.05, 3.63) is 53.9 Å². The number of aromatic nitrogens is 2. The predicted octanol–water partition coefficient (Wildman–Crippen LogP) is 6.58. The van der Waals surface area contributed by atoms with E-state index in [0.717, 1.165) is 33.3 Å². The van der Waals surface area contributed by atoms with Gasteiger partial charge in [-0.05, 0) is 18.6 Å². The summed E-state index contributed by atoms with van der Waals surface area (Å²) in [6.45, 7) is 2.03. The Morgan fingerprint density at radius 2 is 1.79 bits per heavy atom. The predicted molar refractivity (Wildman–Crippen MR) is 155 cm³/mol. The van der Waals surface area contributed by atoms with Crippen LogP contribution >= 0.6 is 22.7 Å². The molecule has 2 aromatic carbocycles. The minimum atomic E-state index is -0.0598. The molecule has 0 spiro atoms. The number of thiazole rings is 2. The number of anilines is 4. The normalized spacial score (nSPS) is 10.9. The Labute approximate surface area is 229 Å². The topological polar surface area (TPSA) is 121 Å². The van der Waals surface area contributed by atoms with Gasteiger partial charge in [-0.3, -0.25) is 4.79 Å². The highest BCUT2D eigenvalue weighted by Crippen LogP contribution is 2.43. The molecule has 1 amide bonds. The van der Waals surface area contributed by atoms with Gasteiger partial charge < -0.3 is 30.6 Å². The van der Waals surface area contributed by atoms with Crippen LogP contribution in [0.2, 0.25) is 0 Å². The Morgan fingerprint density at radius 3 is 2.47 bits per heavy atom. The maximum atomic E-state index is 12.2. The molecule has 0 unspecified atom stereocenters. The number of rotatable bonds is 11. The molecule has 0 fully saturated rings. The number of hydrogen-bond donors (Lipinski definition) is 3. The van der Waals surface area contributed by atoms with Gasteiger partial charge in [-0.25, -0.2) is 9.97 Å². The van der Waals surface area contributed by atoms with Crippen LogP contribution in [0.1, 0.15) is 19.8 Å². The quantitative estimate of drug-likeness (QED) is 0.179. The highest BCUT2D eigenvalue weighted by molar-refractivity contribution is 7.23. The van der Waals surface area contributed by atoms with Crippen molar-refractivity contribution in [2.45, 2.75) is 19.8 Å². The molecule has 11 heteroatoms. The highest BCUT2D eigenvalue weighted by Gasteiger charge is 2.18. The van der Waals surface area contributed by atoms with Crippen LogP contribution in [0.3, 0.4) is 0 Å². The van der Waals surface area contributed by atoms with Crippen molar-refractivity contribution in [1.29, 1.82) is 0 Å². The van der Waals surface area contributed by atoms with Crippen molar-refractivity contribution in [3.8, 4) is 38.4 Å². The fourth-order valence-electron chi connectivity index (χ4n) is 3.65. The second kappa shape index (κ2) is 12.4. The Kier molecular flexibility index (Phi) is 8.82. The molecular formula is C27H29N5O4S2. The molecule has 4 N–H and O–H groups in total. The van der Waals surface area contributed by atoms with Gasteiger partial charge >= 0.3 is 0 Å². The molecule has 9 nitrogen and oxygen atoms in total. The first-order valence-electron chi connectivity index (χ1n) is 11.8. The number of nitrogens with one attached hydrogen (secondary N) is 2. The number of ether oxygens (including phenoxy) is 3.